The molecule has 3 saturated heterocycles. The summed E-state index contributed by atoms with van der Waals surface area (Å²) >= 11 is 0. The molecule has 20 heavy (non-hydrogen) atoms. The lowest BCUT2D eigenvalue weighted by Crippen LogP contribution is -2.54. The average molecular weight is 279 g/mol. The largest absolute Gasteiger partial charge is 0.314 e. The fourth-order valence-electron chi connectivity index (χ4n) is 4.68. The van der Waals surface area contributed by atoms with Gasteiger partial charge in [0.05, 0.1) is 0 Å². The molecule has 3 aliphatic heterocycles. The lowest BCUT2D eigenvalue weighted by Gasteiger charge is -2.45. The van der Waals surface area contributed by atoms with Crippen LogP contribution in [0.1, 0.15) is 52.4 Å². The van der Waals surface area contributed by atoms with E-state index in [1.807, 2.05) is 0 Å². The van der Waals surface area contributed by atoms with Crippen LogP contribution in [0.3, 0.4) is 0 Å². The number of likely N-dealkylation sites (tertiary alicyclic amines) is 1. The van der Waals surface area contributed by atoms with E-state index in [9.17, 15) is 0 Å². The van der Waals surface area contributed by atoms with Gasteiger partial charge in [0.25, 0.3) is 0 Å². The third kappa shape index (κ3) is 3.20. The summed E-state index contributed by atoms with van der Waals surface area (Å²) in [7, 11) is 0. The van der Waals surface area contributed by atoms with Gasteiger partial charge in [-0.2, -0.15) is 0 Å². The molecule has 3 heterocycles. The Bertz CT molecular complexity index is 307. The van der Waals surface area contributed by atoms with Crippen molar-refractivity contribution in [2.45, 2.75) is 70.5 Å². The Morgan fingerprint density at radius 3 is 2.60 bits per heavy atom. The maximum atomic E-state index is 3.75. The van der Waals surface area contributed by atoms with E-state index in [0.29, 0.717) is 0 Å². The SMILES string of the molecule is CCCNC1CCN(C2CCN3CCCC3C2)CC1C. The normalized spacial score (nSPS) is 39.9. The van der Waals surface area contributed by atoms with E-state index in [4.69, 9.17) is 0 Å². The van der Waals surface area contributed by atoms with Crippen molar-refractivity contribution in [2.24, 2.45) is 5.92 Å². The molecule has 3 heteroatoms. The summed E-state index contributed by atoms with van der Waals surface area (Å²) in [6, 6.07) is 2.56. The van der Waals surface area contributed by atoms with Crippen LogP contribution in [0.25, 0.3) is 0 Å². The van der Waals surface area contributed by atoms with E-state index in [0.717, 1.165) is 24.0 Å². The van der Waals surface area contributed by atoms with E-state index in [2.05, 4.69) is 29.0 Å². The molecule has 3 aliphatic rings. The first-order valence-corrected chi connectivity index (χ1v) is 8.99. The maximum absolute atomic E-state index is 3.75. The minimum absolute atomic E-state index is 0.762. The monoisotopic (exact) mass is 279 g/mol. The first kappa shape index (κ1) is 14.8. The summed E-state index contributed by atoms with van der Waals surface area (Å²) in [5.41, 5.74) is 0. The van der Waals surface area contributed by atoms with Gasteiger partial charge in [-0.25, -0.2) is 0 Å². The topological polar surface area (TPSA) is 18.5 Å². The van der Waals surface area contributed by atoms with Gasteiger partial charge in [0, 0.05) is 24.7 Å². The molecular formula is C17H33N3. The van der Waals surface area contributed by atoms with E-state index in [-0.39, 0.29) is 0 Å². The molecule has 0 aromatic heterocycles. The van der Waals surface area contributed by atoms with Gasteiger partial charge in [-0.3, -0.25) is 4.90 Å². The summed E-state index contributed by atoms with van der Waals surface area (Å²) in [4.78, 5) is 5.57. The molecule has 3 rings (SSSR count). The molecule has 0 aromatic carbocycles. The van der Waals surface area contributed by atoms with E-state index < -0.39 is 0 Å². The van der Waals surface area contributed by atoms with Crippen molar-refractivity contribution in [1.82, 2.24) is 15.1 Å². The maximum Gasteiger partial charge on any atom is 0.0122 e. The highest BCUT2D eigenvalue weighted by atomic mass is 15.2. The molecule has 1 N–H and O–H groups in total. The van der Waals surface area contributed by atoms with Crippen LogP contribution in [0.5, 0.6) is 0 Å². The Hall–Kier alpha value is -0.120. The van der Waals surface area contributed by atoms with Gasteiger partial charge in [-0.05, 0) is 70.6 Å². The summed E-state index contributed by atoms with van der Waals surface area (Å²) in [5, 5.41) is 3.75. The molecule has 0 bridgehead atoms. The van der Waals surface area contributed by atoms with Crippen LogP contribution >= 0.6 is 0 Å². The second kappa shape index (κ2) is 6.76. The van der Waals surface area contributed by atoms with Gasteiger partial charge in [-0.1, -0.05) is 13.8 Å². The van der Waals surface area contributed by atoms with Crippen molar-refractivity contribution in [1.29, 1.82) is 0 Å². The second-order valence-corrected chi connectivity index (χ2v) is 7.33. The summed E-state index contributed by atoms with van der Waals surface area (Å²) < 4.78 is 0. The van der Waals surface area contributed by atoms with Crippen molar-refractivity contribution in [2.75, 3.05) is 32.7 Å². The molecule has 0 aliphatic carbocycles. The predicted molar refractivity (Wildman–Crippen MR) is 85.1 cm³/mol. The van der Waals surface area contributed by atoms with Crippen molar-refractivity contribution in [3.05, 3.63) is 0 Å². The number of rotatable bonds is 4. The first-order chi connectivity index (χ1) is 9.78. The smallest absolute Gasteiger partial charge is 0.0122 e. The summed E-state index contributed by atoms with van der Waals surface area (Å²) in [6.07, 6.45) is 8.37. The third-order valence-corrected chi connectivity index (χ3v) is 5.90. The zero-order chi connectivity index (χ0) is 13.9. The number of hydrogen-bond acceptors (Lipinski definition) is 3. The molecule has 0 amide bonds. The molecule has 3 fully saturated rings. The highest BCUT2D eigenvalue weighted by Gasteiger charge is 2.36. The minimum atomic E-state index is 0.762. The van der Waals surface area contributed by atoms with E-state index >= 15 is 0 Å². The number of hydrogen-bond donors (Lipinski definition) is 1. The van der Waals surface area contributed by atoms with Crippen molar-refractivity contribution >= 4 is 0 Å². The van der Waals surface area contributed by atoms with Crippen LogP contribution in [-0.2, 0) is 0 Å². The lowest BCUT2D eigenvalue weighted by molar-refractivity contribution is 0.0486. The van der Waals surface area contributed by atoms with Crippen molar-refractivity contribution < 1.29 is 0 Å². The van der Waals surface area contributed by atoms with Crippen LogP contribution in [0.4, 0.5) is 0 Å². The molecule has 4 atom stereocenters. The molecular weight excluding hydrogens is 246 g/mol. The Kier molecular flexibility index (Phi) is 5.00. The molecule has 0 spiro atoms. The molecule has 116 valence electrons. The van der Waals surface area contributed by atoms with Crippen LogP contribution in [0.15, 0.2) is 0 Å². The number of nitrogens with zero attached hydrogens (tertiary/aromatic N) is 2. The van der Waals surface area contributed by atoms with Crippen molar-refractivity contribution in [3.8, 4) is 0 Å². The summed E-state index contributed by atoms with van der Waals surface area (Å²) in [5.74, 6) is 0.817. The van der Waals surface area contributed by atoms with Gasteiger partial charge in [0.2, 0.25) is 0 Å². The number of fused-ring (bicyclic) bond motifs is 1. The molecule has 0 aromatic rings. The fourth-order valence-corrected chi connectivity index (χ4v) is 4.68. The molecule has 0 radical (unpaired) electrons. The predicted octanol–water partition coefficient (Wildman–Crippen LogP) is 2.32. The quantitative estimate of drug-likeness (QED) is 0.852. The zero-order valence-electron chi connectivity index (χ0n) is 13.5. The second-order valence-electron chi connectivity index (χ2n) is 7.33. The Morgan fingerprint density at radius 2 is 1.80 bits per heavy atom. The van der Waals surface area contributed by atoms with Gasteiger partial charge >= 0.3 is 0 Å². The van der Waals surface area contributed by atoms with Crippen LogP contribution < -0.4 is 5.32 Å². The van der Waals surface area contributed by atoms with Crippen molar-refractivity contribution in [3.63, 3.8) is 0 Å². The van der Waals surface area contributed by atoms with Gasteiger partial charge in [0.1, 0.15) is 0 Å². The van der Waals surface area contributed by atoms with Gasteiger partial charge in [0.15, 0.2) is 0 Å². The van der Waals surface area contributed by atoms with Crippen LogP contribution in [0, 0.1) is 5.92 Å². The number of nitrogens with one attached hydrogen (secondary N) is 1. The van der Waals surface area contributed by atoms with Crippen LogP contribution in [0.2, 0.25) is 0 Å². The minimum Gasteiger partial charge on any atom is -0.314 e. The zero-order valence-corrected chi connectivity index (χ0v) is 13.5. The fraction of sp³-hybridized carbons (Fsp3) is 1.00. The van der Waals surface area contributed by atoms with Gasteiger partial charge < -0.3 is 10.2 Å². The molecule has 0 saturated carbocycles. The van der Waals surface area contributed by atoms with Gasteiger partial charge in [-0.15, -0.1) is 0 Å². The third-order valence-electron chi connectivity index (χ3n) is 5.90. The highest BCUT2D eigenvalue weighted by Crippen LogP contribution is 2.31. The first-order valence-electron chi connectivity index (χ1n) is 8.99. The Labute approximate surface area is 125 Å². The number of piperidine rings is 2. The Morgan fingerprint density at radius 1 is 1.00 bits per heavy atom. The Balaban J connectivity index is 1.49. The summed E-state index contributed by atoms with van der Waals surface area (Å²) in [6.45, 7) is 11.3. The average Bonchev–Trinajstić information content (AvgIpc) is 2.93. The van der Waals surface area contributed by atoms with Crippen LogP contribution in [-0.4, -0.2) is 60.6 Å². The molecule has 4 unspecified atom stereocenters. The molecule has 3 nitrogen and oxygen atoms in total. The van der Waals surface area contributed by atoms with E-state index in [1.54, 1.807) is 0 Å². The lowest BCUT2D eigenvalue weighted by atomic mass is 9.89. The standard InChI is InChI=1S/C17H33N3/c1-3-8-18-17-7-11-20(13-14(17)2)16-6-10-19-9-4-5-15(19)12-16/h14-18H,3-13H2,1-2H3. The van der Waals surface area contributed by atoms with E-state index in [1.165, 1.54) is 71.2 Å². The highest BCUT2D eigenvalue weighted by molar-refractivity contribution is 4.93.